The van der Waals surface area contributed by atoms with E-state index in [4.69, 9.17) is 0 Å². The van der Waals surface area contributed by atoms with Gasteiger partial charge in [0.05, 0.1) is 5.92 Å². The predicted molar refractivity (Wildman–Crippen MR) is 104 cm³/mol. The Bertz CT molecular complexity index is 639. The molecule has 7 heteroatoms. The molecule has 2 N–H and O–H groups in total. The van der Waals surface area contributed by atoms with Gasteiger partial charge in [0.25, 0.3) is 0 Å². The molecular weight excluding hydrogens is 348 g/mol. The van der Waals surface area contributed by atoms with Crippen molar-refractivity contribution < 1.29 is 9.59 Å². The van der Waals surface area contributed by atoms with Crippen LogP contribution in [-0.4, -0.2) is 40.8 Å². The van der Waals surface area contributed by atoms with Crippen LogP contribution < -0.4 is 10.6 Å². The summed E-state index contributed by atoms with van der Waals surface area (Å²) in [6.45, 7) is 6.01. The summed E-state index contributed by atoms with van der Waals surface area (Å²) in [6.07, 6.45) is 11.1. The van der Waals surface area contributed by atoms with E-state index in [0.29, 0.717) is 11.2 Å². The second-order valence-electron chi connectivity index (χ2n) is 7.24. The van der Waals surface area contributed by atoms with Crippen molar-refractivity contribution in [3.63, 3.8) is 0 Å². The van der Waals surface area contributed by atoms with Crippen molar-refractivity contribution in [2.75, 3.05) is 18.4 Å². The minimum atomic E-state index is -0.247. The van der Waals surface area contributed by atoms with Crippen molar-refractivity contribution in [1.29, 1.82) is 0 Å². The Morgan fingerprint density at radius 1 is 1.27 bits per heavy atom. The summed E-state index contributed by atoms with van der Waals surface area (Å²) in [4.78, 5) is 31.6. The normalized spacial score (nSPS) is 21.9. The van der Waals surface area contributed by atoms with Crippen LogP contribution in [0.25, 0.3) is 0 Å². The van der Waals surface area contributed by atoms with Gasteiger partial charge in [-0.3, -0.25) is 19.8 Å². The van der Waals surface area contributed by atoms with Crippen LogP contribution in [0.4, 0.5) is 5.13 Å². The van der Waals surface area contributed by atoms with E-state index in [1.807, 2.05) is 0 Å². The maximum absolute atomic E-state index is 12.6. The molecule has 0 aromatic carbocycles. The number of nitrogens with one attached hydrogen (secondary N) is 2. The molecule has 0 radical (unpaired) electrons. The first-order valence-corrected chi connectivity index (χ1v) is 10.4. The van der Waals surface area contributed by atoms with Crippen LogP contribution in [0.1, 0.15) is 49.8 Å². The zero-order chi connectivity index (χ0) is 18.4. The lowest BCUT2D eigenvalue weighted by Gasteiger charge is -2.33. The molecule has 2 fully saturated rings. The lowest BCUT2D eigenvalue weighted by atomic mass is 9.93. The van der Waals surface area contributed by atoms with Crippen LogP contribution in [0.3, 0.4) is 0 Å². The van der Waals surface area contributed by atoms with Crippen LogP contribution in [0.2, 0.25) is 0 Å². The first-order valence-electron chi connectivity index (χ1n) is 9.55. The van der Waals surface area contributed by atoms with Gasteiger partial charge in [-0.25, -0.2) is 4.98 Å². The Morgan fingerprint density at radius 3 is 2.85 bits per heavy atom. The molecule has 1 atom stereocenters. The molecular formula is C19H28N4O2S. The zero-order valence-electron chi connectivity index (χ0n) is 15.2. The van der Waals surface area contributed by atoms with Crippen molar-refractivity contribution in [3.05, 3.63) is 23.7 Å². The molecule has 1 aliphatic heterocycles. The van der Waals surface area contributed by atoms with E-state index in [9.17, 15) is 9.59 Å². The summed E-state index contributed by atoms with van der Waals surface area (Å²) in [7, 11) is 0. The van der Waals surface area contributed by atoms with Crippen LogP contribution in [-0.2, 0) is 16.1 Å². The van der Waals surface area contributed by atoms with E-state index in [0.717, 1.165) is 50.2 Å². The summed E-state index contributed by atoms with van der Waals surface area (Å²) in [5.41, 5.74) is 0. The number of carbonyl (C=O) groups is 2. The second-order valence-corrected chi connectivity index (χ2v) is 8.36. The maximum atomic E-state index is 12.6. The highest BCUT2D eigenvalue weighted by molar-refractivity contribution is 7.15. The van der Waals surface area contributed by atoms with E-state index >= 15 is 0 Å². The Morgan fingerprint density at radius 2 is 2.08 bits per heavy atom. The SMILES string of the molecule is C=CC(=O)Nc1ncc(CN2CCCC(C(=O)NC3CCCCC3)C2)s1. The fourth-order valence-electron chi connectivity index (χ4n) is 3.79. The summed E-state index contributed by atoms with van der Waals surface area (Å²) in [6, 6.07) is 0.379. The Kier molecular flexibility index (Phi) is 6.80. The van der Waals surface area contributed by atoms with Gasteiger partial charge >= 0.3 is 0 Å². The molecule has 1 saturated heterocycles. The topological polar surface area (TPSA) is 74.3 Å². The van der Waals surface area contributed by atoms with Crippen LogP contribution >= 0.6 is 11.3 Å². The number of piperidine rings is 1. The number of carbonyl (C=O) groups excluding carboxylic acids is 2. The van der Waals surface area contributed by atoms with Gasteiger partial charge in [-0.05, 0) is 38.3 Å². The molecule has 0 spiro atoms. The molecule has 1 aromatic heterocycles. The van der Waals surface area contributed by atoms with Crippen molar-refractivity contribution in [3.8, 4) is 0 Å². The fourth-order valence-corrected chi connectivity index (χ4v) is 4.65. The molecule has 2 amide bonds. The minimum absolute atomic E-state index is 0.0820. The van der Waals surface area contributed by atoms with E-state index in [2.05, 4.69) is 27.1 Å². The van der Waals surface area contributed by atoms with Crippen molar-refractivity contribution >= 4 is 28.3 Å². The van der Waals surface area contributed by atoms with Crippen LogP contribution in [0.5, 0.6) is 0 Å². The number of nitrogens with zero attached hydrogens (tertiary/aromatic N) is 2. The third-order valence-corrected chi connectivity index (χ3v) is 6.07. The number of rotatable bonds is 6. The smallest absolute Gasteiger partial charge is 0.249 e. The molecule has 26 heavy (non-hydrogen) atoms. The Labute approximate surface area is 159 Å². The lowest BCUT2D eigenvalue weighted by molar-refractivity contribution is -0.127. The quantitative estimate of drug-likeness (QED) is 0.749. The van der Waals surface area contributed by atoms with Crippen molar-refractivity contribution in [1.82, 2.24) is 15.2 Å². The number of thiazole rings is 1. The highest BCUT2D eigenvalue weighted by Crippen LogP contribution is 2.24. The largest absolute Gasteiger partial charge is 0.353 e. The van der Waals surface area contributed by atoms with Gasteiger partial charge in [-0.2, -0.15) is 0 Å². The van der Waals surface area contributed by atoms with Crippen LogP contribution in [0.15, 0.2) is 18.9 Å². The first-order chi connectivity index (χ1) is 12.6. The molecule has 142 valence electrons. The molecule has 1 unspecified atom stereocenters. The highest BCUT2D eigenvalue weighted by atomic mass is 32.1. The third kappa shape index (κ3) is 5.38. The number of amides is 2. The molecule has 6 nitrogen and oxygen atoms in total. The number of anilines is 1. The molecule has 0 bridgehead atoms. The summed E-state index contributed by atoms with van der Waals surface area (Å²) >= 11 is 1.48. The maximum Gasteiger partial charge on any atom is 0.249 e. The molecule has 1 aromatic rings. The van der Waals surface area contributed by atoms with Crippen molar-refractivity contribution in [2.45, 2.75) is 57.5 Å². The molecule has 1 saturated carbocycles. The van der Waals surface area contributed by atoms with Crippen LogP contribution in [0, 0.1) is 5.92 Å². The fraction of sp³-hybridized carbons (Fsp3) is 0.632. The van der Waals surface area contributed by atoms with Gasteiger partial charge in [0, 0.05) is 30.2 Å². The number of likely N-dealkylation sites (tertiary alicyclic amines) is 1. The standard InChI is InChI=1S/C19H28N4O2S/c1-2-17(24)22-19-20-11-16(26-19)13-23-10-6-7-14(12-23)18(25)21-15-8-4-3-5-9-15/h2,11,14-15H,1,3-10,12-13H2,(H,21,25)(H,20,22,24). The molecule has 2 aliphatic rings. The summed E-state index contributed by atoms with van der Waals surface area (Å²) in [5, 5.41) is 6.55. The van der Waals surface area contributed by atoms with E-state index < -0.39 is 0 Å². The summed E-state index contributed by atoms with van der Waals surface area (Å²) in [5.74, 6) is 0.0618. The van der Waals surface area contributed by atoms with Gasteiger partial charge in [0.15, 0.2) is 5.13 Å². The van der Waals surface area contributed by atoms with Gasteiger partial charge < -0.3 is 5.32 Å². The highest BCUT2D eigenvalue weighted by Gasteiger charge is 2.28. The number of aromatic nitrogens is 1. The predicted octanol–water partition coefficient (Wildman–Crippen LogP) is 2.93. The third-order valence-electron chi connectivity index (χ3n) is 5.18. The van der Waals surface area contributed by atoms with Crippen molar-refractivity contribution in [2.24, 2.45) is 5.92 Å². The van der Waals surface area contributed by atoms with Gasteiger partial charge in [-0.15, -0.1) is 11.3 Å². The number of hydrogen-bond acceptors (Lipinski definition) is 5. The Hall–Kier alpha value is -1.73. The average Bonchev–Trinajstić information content (AvgIpc) is 3.09. The average molecular weight is 377 g/mol. The molecule has 1 aliphatic carbocycles. The van der Waals surface area contributed by atoms with Gasteiger partial charge in [0.1, 0.15) is 0 Å². The van der Waals surface area contributed by atoms with E-state index in [1.54, 1.807) is 6.20 Å². The lowest BCUT2D eigenvalue weighted by Crippen LogP contribution is -2.46. The first kappa shape index (κ1) is 19.0. The zero-order valence-corrected chi connectivity index (χ0v) is 16.0. The van der Waals surface area contributed by atoms with Gasteiger partial charge in [0.2, 0.25) is 11.8 Å². The van der Waals surface area contributed by atoms with Gasteiger partial charge in [-0.1, -0.05) is 25.8 Å². The van der Waals surface area contributed by atoms with E-state index in [-0.39, 0.29) is 17.7 Å². The minimum Gasteiger partial charge on any atom is -0.353 e. The molecule has 2 heterocycles. The second kappa shape index (κ2) is 9.28. The molecule has 3 rings (SSSR count). The summed E-state index contributed by atoms with van der Waals surface area (Å²) < 4.78 is 0. The van der Waals surface area contributed by atoms with E-state index in [1.165, 1.54) is 36.7 Å². The Balaban J connectivity index is 1.49. The number of hydrogen-bond donors (Lipinski definition) is 2. The monoisotopic (exact) mass is 376 g/mol.